The molecule has 48 valence electrons. The molecule has 0 saturated heterocycles. The molecule has 1 aromatic rings. The topological polar surface area (TPSA) is 9.23 Å². The summed E-state index contributed by atoms with van der Waals surface area (Å²) in [6.07, 6.45) is 0. The molecule has 0 aliphatic heterocycles. The third-order valence-electron chi connectivity index (χ3n) is 0.712. The van der Waals surface area contributed by atoms with Crippen LogP contribution >= 0.6 is 15.9 Å². The fourth-order valence-electron chi connectivity index (χ4n) is 0.356. The van der Waals surface area contributed by atoms with E-state index in [-0.39, 0.29) is 10.5 Å². The van der Waals surface area contributed by atoms with Crippen molar-refractivity contribution in [2.45, 2.75) is 0 Å². The van der Waals surface area contributed by atoms with Crippen molar-refractivity contribution in [3.63, 3.8) is 0 Å². The smallest absolute Gasteiger partial charge is 0.133 e. The average molecular weight is 194 g/mol. The average Bonchev–Trinajstić information content (AvgIpc) is 2.17. The highest BCUT2D eigenvalue weighted by Crippen LogP contribution is 2.22. The van der Waals surface area contributed by atoms with Crippen LogP contribution < -0.4 is 4.74 Å². The Hall–Kier alpha value is -0.500. The van der Waals surface area contributed by atoms with Gasteiger partial charge < -0.3 is 4.74 Å². The molecule has 0 aliphatic rings. The first-order valence-electron chi connectivity index (χ1n) is 5.60. The van der Waals surface area contributed by atoms with Gasteiger partial charge in [-0.2, -0.15) is 0 Å². The van der Waals surface area contributed by atoms with Gasteiger partial charge in [0.15, 0.2) is 0 Å². The van der Waals surface area contributed by atoms with Crippen LogP contribution in [0.1, 0.15) is 9.60 Å². The molecule has 0 heterocycles. The van der Waals surface area contributed by atoms with E-state index in [1.54, 1.807) is 0 Å². The fourth-order valence-corrected chi connectivity index (χ4v) is 0.635. The molecule has 0 atom stereocenters. The van der Waals surface area contributed by atoms with E-state index in [0.717, 1.165) is 0 Å². The number of hydrogen-bond acceptors (Lipinski definition) is 1. The summed E-state index contributed by atoms with van der Waals surface area (Å²) in [6, 6.07) is -1.88. The van der Waals surface area contributed by atoms with Crippen molar-refractivity contribution in [2.24, 2.45) is 0 Å². The normalized spacial score (nSPS) is 21.7. The largest absolute Gasteiger partial charge is 0.496 e. The Morgan fingerprint density at radius 2 is 2.44 bits per heavy atom. The van der Waals surface area contributed by atoms with Gasteiger partial charge in [-0.05, 0) is 28.0 Å². The van der Waals surface area contributed by atoms with Gasteiger partial charge in [-0.15, -0.1) is 0 Å². The Morgan fingerprint density at radius 3 is 3.22 bits per heavy atom. The number of ether oxygens (including phenoxy) is 1. The minimum absolute atomic E-state index is 0.102. The molecule has 9 heavy (non-hydrogen) atoms. The predicted molar refractivity (Wildman–Crippen MR) is 40.7 cm³/mol. The maximum atomic E-state index is 7.46. The standard InChI is InChI=1S/C7H7BrO/c1-9-7-5-3-2-4-6(7)8/h2-5H,1H3/i1D3,2D,3D,4D,5D. The summed E-state index contributed by atoms with van der Waals surface area (Å²) >= 11 is 2.88. The molecule has 0 aromatic heterocycles. The highest BCUT2D eigenvalue weighted by Gasteiger charge is 1.92. The highest BCUT2D eigenvalue weighted by molar-refractivity contribution is 9.10. The van der Waals surface area contributed by atoms with Crippen LogP contribution in [0, 0.1) is 0 Å². The molecule has 0 radical (unpaired) electrons. The molecule has 0 bridgehead atoms. The second-order valence-electron chi connectivity index (χ2n) is 1.25. The van der Waals surface area contributed by atoms with Crippen LogP contribution in [0.3, 0.4) is 0 Å². The SMILES string of the molecule is [2H]c1c([2H])c([2H])c(OC([2H])([2H])[2H])c(Br)c1[2H]. The van der Waals surface area contributed by atoms with Gasteiger partial charge in [-0.3, -0.25) is 0 Å². The summed E-state index contributed by atoms with van der Waals surface area (Å²) in [6.45, 7) is 0. The zero-order valence-electron chi connectivity index (χ0n) is 11.3. The number of hydrogen-bond donors (Lipinski definition) is 0. The molecule has 2 heteroatoms. The van der Waals surface area contributed by atoms with Crippen LogP contribution in [0.25, 0.3) is 0 Å². The van der Waals surface area contributed by atoms with E-state index in [1.165, 1.54) is 0 Å². The molecule has 0 N–H and O–H groups in total. The second-order valence-corrected chi connectivity index (χ2v) is 2.04. The Labute approximate surface area is 72.6 Å². The number of para-hydroxylation sites is 1. The molecule has 0 unspecified atom stereocenters. The lowest BCUT2D eigenvalue weighted by Gasteiger charge is -1.99. The molecule has 1 nitrogen and oxygen atoms in total. The summed E-state index contributed by atoms with van der Waals surface area (Å²) in [5.41, 5.74) is 0. The zero-order chi connectivity index (χ0) is 12.7. The van der Waals surface area contributed by atoms with E-state index in [1.807, 2.05) is 0 Å². The highest BCUT2D eigenvalue weighted by atomic mass is 79.9. The lowest BCUT2D eigenvalue weighted by molar-refractivity contribution is 0.412. The minimum atomic E-state index is -2.76. The van der Waals surface area contributed by atoms with Gasteiger partial charge in [-0.1, -0.05) is 12.1 Å². The molecule has 0 fully saturated rings. The van der Waals surface area contributed by atoms with Crippen LogP contribution in [-0.2, 0) is 0 Å². The Kier molecular flexibility index (Phi) is 0.636. The molecule has 0 aliphatic carbocycles. The number of halogens is 1. The molecule has 0 amide bonds. The first-order chi connectivity index (χ1) is 7.15. The van der Waals surface area contributed by atoms with Crippen molar-refractivity contribution in [1.82, 2.24) is 0 Å². The molecule has 0 saturated carbocycles. The van der Waals surface area contributed by atoms with E-state index >= 15 is 0 Å². The van der Waals surface area contributed by atoms with Gasteiger partial charge in [0, 0.05) is 0 Å². The minimum Gasteiger partial charge on any atom is -0.496 e. The maximum Gasteiger partial charge on any atom is 0.133 e. The fraction of sp³-hybridized carbons (Fsp3) is 0.143. The summed E-state index contributed by atoms with van der Waals surface area (Å²) in [5.74, 6) is -0.411. The number of rotatable bonds is 1. The Morgan fingerprint density at radius 1 is 1.67 bits per heavy atom. The van der Waals surface area contributed by atoms with E-state index in [0.29, 0.717) is 0 Å². The third-order valence-corrected chi connectivity index (χ3v) is 1.27. The lowest BCUT2D eigenvalue weighted by atomic mass is 10.3. The maximum absolute atomic E-state index is 7.46. The first kappa shape index (κ1) is 1.99. The van der Waals surface area contributed by atoms with Crippen molar-refractivity contribution in [3.05, 3.63) is 28.6 Å². The first-order valence-corrected chi connectivity index (χ1v) is 2.89. The van der Waals surface area contributed by atoms with Gasteiger partial charge in [-0.25, -0.2) is 0 Å². The Balaban J connectivity index is 3.40. The molecule has 0 spiro atoms. The summed E-state index contributed by atoms with van der Waals surface area (Å²) < 4.78 is 54.7. The van der Waals surface area contributed by atoms with Crippen molar-refractivity contribution in [3.8, 4) is 5.75 Å². The van der Waals surface area contributed by atoms with Gasteiger partial charge in [0.1, 0.15) is 5.75 Å². The Bertz CT molecular complexity index is 399. The summed E-state index contributed by atoms with van der Waals surface area (Å²) in [7, 11) is -2.76. The van der Waals surface area contributed by atoms with Crippen molar-refractivity contribution < 1.29 is 14.3 Å². The second kappa shape index (κ2) is 2.87. The summed E-state index contributed by atoms with van der Waals surface area (Å²) in [4.78, 5) is 0. The van der Waals surface area contributed by atoms with E-state index < -0.39 is 30.9 Å². The van der Waals surface area contributed by atoms with Crippen molar-refractivity contribution in [2.75, 3.05) is 7.04 Å². The number of methoxy groups -OCH3 is 1. The molecular formula is C7H7BrO. The molecule has 1 aromatic carbocycles. The van der Waals surface area contributed by atoms with Gasteiger partial charge >= 0.3 is 0 Å². The summed E-state index contributed by atoms with van der Waals surface area (Å²) in [5, 5.41) is 0. The van der Waals surface area contributed by atoms with Crippen LogP contribution in [0.5, 0.6) is 5.75 Å². The van der Waals surface area contributed by atoms with Gasteiger partial charge in [0.2, 0.25) is 0 Å². The number of benzene rings is 1. The van der Waals surface area contributed by atoms with Crippen molar-refractivity contribution >= 4 is 15.9 Å². The van der Waals surface area contributed by atoms with Gasteiger partial charge in [0.05, 0.1) is 21.1 Å². The quantitative estimate of drug-likeness (QED) is 0.667. The van der Waals surface area contributed by atoms with Crippen molar-refractivity contribution in [1.29, 1.82) is 0 Å². The predicted octanol–water partition coefficient (Wildman–Crippen LogP) is 2.46. The monoisotopic (exact) mass is 193 g/mol. The van der Waals surface area contributed by atoms with Gasteiger partial charge in [0.25, 0.3) is 0 Å². The zero-order valence-corrected chi connectivity index (χ0v) is 5.87. The van der Waals surface area contributed by atoms with Crippen LogP contribution in [0.2, 0.25) is 0 Å². The molecule has 1 rings (SSSR count). The van der Waals surface area contributed by atoms with Crippen LogP contribution in [0.4, 0.5) is 0 Å². The lowest BCUT2D eigenvalue weighted by Crippen LogP contribution is -1.81. The van der Waals surface area contributed by atoms with E-state index in [2.05, 4.69) is 20.7 Å². The van der Waals surface area contributed by atoms with E-state index in [4.69, 9.17) is 9.60 Å². The third kappa shape index (κ3) is 1.45. The van der Waals surface area contributed by atoms with Crippen LogP contribution in [-0.4, -0.2) is 7.04 Å². The van der Waals surface area contributed by atoms with E-state index in [9.17, 15) is 0 Å². The molecular weight excluding hydrogens is 180 g/mol. The van der Waals surface area contributed by atoms with Crippen LogP contribution in [0.15, 0.2) is 28.6 Å².